The first kappa shape index (κ1) is 9.90. The van der Waals surface area contributed by atoms with Crippen LogP contribution in [0.3, 0.4) is 0 Å². The zero-order valence-electron chi connectivity index (χ0n) is 8.17. The van der Waals surface area contributed by atoms with Crippen molar-refractivity contribution < 1.29 is 10.2 Å². The van der Waals surface area contributed by atoms with Gasteiger partial charge in [-0.15, -0.1) is 0 Å². The molecule has 0 saturated heterocycles. The molecule has 0 amide bonds. The zero-order chi connectivity index (χ0) is 9.84. The molecular weight excluding hydrogens is 164 g/mol. The average Bonchev–Trinajstić information content (AvgIpc) is 2.11. The lowest BCUT2D eigenvalue weighted by Crippen LogP contribution is -1.90. The molecule has 0 spiro atoms. The Bertz CT molecular complexity index is 292. The van der Waals surface area contributed by atoms with Crippen molar-refractivity contribution in [1.82, 2.24) is 0 Å². The van der Waals surface area contributed by atoms with Crippen molar-refractivity contribution in [1.29, 1.82) is 0 Å². The molecule has 0 aliphatic rings. The minimum atomic E-state index is 0.194. The Labute approximate surface area is 78.8 Å². The number of aromatic hydroxyl groups is 2. The van der Waals surface area contributed by atoms with E-state index in [-0.39, 0.29) is 11.5 Å². The van der Waals surface area contributed by atoms with Gasteiger partial charge in [0.1, 0.15) is 11.5 Å². The molecule has 0 radical (unpaired) electrons. The molecule has 2 heteroatoms. The number of phenols is 2. The molecule has 0 aliphatic carbocycles. The summed E-state index contributed by atoms with van der Waals surface area (Å²) in [7, 11) is 0. The molecule has 0 bridgehead atoms. The van der Waals surface area contributed by atoms with Crippen LogP contribution in [-0.2, 0) is 12.8 Å². The number of aryl methyl sites for hydroxylation is 1. The molecule has 0 atom stereocenters. The first-order valence-electron chi connectivity index (χ1n) is 4.73. The quantitative estimate of drug-likeness (QED) is 0.750. The second kappa shape index (κ2) is 4.17. The van der Waals surface area contributed by atoms with E-state index in [0.29, 0.717) is 12.0 Å². The molecular formula is C11H16O2. The molecule has 13 heavy (non-hydrogen) atoms. The summed E-state index contributed by atoms with van der Waals surface area (Å²) >= 11 is 0. The summed E-state index contributed by atoms with van der Waals surface area (Å²) in [5.41, 5.74) is 1.59. The molecule has 2 nitrogen and oxygen atoms in total. The van der Waals surface area contributed by atoms with E-state index in [1.807, 2.05) is 6.92 Å². The van der Waals surface area contributed by atoms with Crippen molar-refractivity contribution in [3.63, 3.8) is 0 Å². The van der Waals surface area contributed by atoms with Crippen molar-refractivity contribution in [3.05, 3.63) is 23.3 Å². The van der Waals surface area contributed by atoms with Gasteiger partial charge in [0.15, 0.2) is 0 Å². The van der Waals surface area contributed by atoms with Gasteiger partial charge in [-0.2, -0.15) is 0 Å². The first-order chi connectivity index (χ1) is 6.20. The highest BCUT2D eigenvalue weighted by atomic mass is 16.3. The van der Waals surface area contributed by atoms with Gasteiger partial charge >= 0.3 is 0 Å². The van der Waals surface area contributed by atoms with Crippen molar-refractivity contribution in [2.24, 2.45) is 0 Å². The van der Waals surface area contributed by atoms with Crippen LogP contribution in [0.4, 0.5) is 0 Å². The Balaban J connectivity index is 3.11. The molecule has 0 unspecified atom stereocenters. The normalized spacial score (nSPS) is 10.3. The third-order valence-electron chi connectivity index (χ3n) is 2.21. The van der Waals surface area contributed by atoms with Crippen LogP contribution in [-0.4, -0.2) is 10.2 Å². The van der Waals surface area contributed by atoms with Gasteiger partial charge in [-0.1, -0.05) is 26.3 Å². The van der Waals surface area contributed by atoms with Gasteiger partial charge in [0.25, 0.3) is 0 Å². The zero-order valence-corrected chi connectivity index (χ0v) is 8.17. The van der Waals surface area contributed by atoms with Gasteiger partial charge < -0.3 is 10.2 Å². The second-order valence-electron chi connectivity index (χ2n) is 3.17. The Morgan fingerprint density at radius 1 is 1.15 bits per heavy atom. The van der Waals surface area contributed by atoms with Crippen LogP contribution in [0.2, 0.25) is 0 Å². The van der Waals surface area contributed by atoms with E-state index in [1.165, 1.54) is 0 Å². The summed E-state index contributed by atoms with van der Waals surface area (Å²) in [5.74, 6) is 0.462. The molecule has 0 fully saturated rings. The largest absolute Gasteiger partial charge is 0.508 e. The lowest BCUT2D eigenvalue weighted by Gasteiger charge is -2.09. The van der Waals surface area contributed by atoms with E-state index in [0.717, 1.165) is 18.4 Å². The summed E-state index contributed by atoms with van der Waals surface area (Å²) in [6, 6.07) is 3.44. The number of benzene rings is 1. The fourth-order valence-electron chi connectivity index (χ4n) is 1.49. The Kier molecular flexibility index (Phi) is 3.18. The second-order valence-corrected chi connectivity index (χ2v) is 3.17. The van der Waals surface area contributed by atoms with Crippen molar-refractivity contribution in [2.75, 3.05) is 0 Å². The van der Waals surface area contributed by atoms with Gasteiger partial charge in [0.2, 0.25) is 0 Å². The Morgan fingerprint density at radius 2 is 1.85 bits per heavy atom. The predicted octanol–water partition coefficient (Wildman–Crippen LogP) is 2.61. The third-order valence-corrected chi connectivity index (χ3v) is 2.21. The van der Waals surface area contributed by atoms with Crippen LogP contribution in [0.5, 0.6) is 11.5 Å². The average molecular weight is 180 g/mol. The first-order valence-corrected chi connectivity index (χ1v) is 4.73. The lowest BCUT2D eigenvalue weighted by atomic mass is 10.0. The summed E-state index contributed by atoms with van der Waals surface area (Å²) in [6.45, 7) is 3.99. The smallest absolute Gasteiger partial charge is 0.125 e. The van der Waals surface area contributed by atoms with E-state index >= 15 is 0 Å². The Morgan fingerprint density at radius 3 is 2.38 bits per heavy atom. The van der Waals surface area contributed by atoms with E-state index in [9.17, 15) is 10.2 Å². The van der Waals surface area contributed by atoms with Crippen LogP contribution >= 0.6 is 0 Å². The molecule has 0 heterocycles. The van der Waals surface area contributed by atoms with Gasteiger partial charge in [-0.05, 0) is 24.5 Å². The molecule has 0 aliphatic heterocycles. The lowest BCUT2D eigenvalue weighted by molar-refractivity contribution is 0.434. The maximum atomic E-state index is 9.74. The van der Waals surface area contributed by atoms with Crippen LogP contribution < -0.4 is 0 Å². The van der Waals surface area contributed by atoms with Crippen LogP contribution in [0, 0.1) is 0 Å². The van der Waals surface area contributed by atoms with E-state index in [2.05, 4.69) is 6.92 Å². The van der Waals surface area contributed by atoms with Gasteiger partial charge in [-0.25, -0.2) is 0 Å². The summed E-state index contributed by atoms with van der Waals surface area (Å²) in [5, 5.41) is 19.2. The summed E-state index contributed by atoms with van der Waals surface area (Å²) in [6.07, 6.45) is 2.52. The minimum Gasteiger partial charge on any atom is -0.508 e. The van der Waals surface area contributed by atoms with Crippen molar-refractivity contribution in [2.45, 2.75) is 33.1 Å². The highest BCUT2D eigenvalue weighted by Gasteiger charge is 2.09. The van der Waals surface area contributed by atoms with Gasteiger partial charge in [0, 0.05) is 5.56 Å². The SMILES string of the molecule is CCCc1ccc(O)c(CC)c1O. The summed E-state index contributed by atoms with van der Waals surface area (Å²) < 4.78 is 0. The van der Waals surface area contributed by atoms with E-state index in [1.54, 1.807) is 12.1 Å². The topological polar surface area (TPSA) is 40.5 Å². The third kappa shape index (κ3) is 1.94. The molecule has 1 rings (SSSR count). The van der Waals surface area contributed by atoms with Gasteiger partial charge in [0.05, 0.1) is 0 Å². The van der Waals surface area contributed by atoms with Crippen LogP contribution in [0.1, 0.15) is 31.4 Å². The number of phenolic OH excluding ortho intramolecular Hbond substituents is 2. The van der Waals surface area contributed by atoms with Crippen LogP contribution in [0.25, 0.3) is 0 Å². The Hall–Kier alpha value is -1.18. The number of hydrogen-bond acceptors (Lipinski definition) is 2. The highest BCUT2D eigenvalue weighted by Crippen LogP contribution is 2.31. The fourth-order valence-corrected chi connectivity index (χ4v) is 1.49. The monoisotopic (exact) mass is 180 g/mol. The van der Waals surface area contributed by atoms with Crippen molar-refractivity contribution >= 4 is 0 Å². The summed E-state index contributed by atoms with van der Waals surface area (Å²) in [4.78, 5) is 0. The minimum absolute atomic E-state index is 0.194. The highest BCUT2D eigenvalue weighted by molar-refractivity contribution is 5.48. The molecule has 2 N–H and O–H groups in total. The maximum absolute atomic E-state index is 9.74. The van der Waals surface area contributed by atoms with Gasteiger partial charge in [-0.3, -0.25) is 0 Å². The number of rotatable bonds is 3. The fraction of sp³-hybridized carbons (Fsp3) is 0.455. The molecule has 1 aromatic rings. The maximum Gasteiger partial charge on any atom is 0.125 e. The van der Waals surface area contributed by atoms with E-state index in [4.69, 9.17) is 0 Å². The van der Waals surface area contributed by atoms with Crippen molar-refractivity contribution in [3.8, 4) is 11.5 Å². The number of hydrogen-bond donors (Lipinski definition) is 2. The molecule has 0 saturated carbocycles. The predicted molar refractivity (Wildman–Crippen MR) is 53.1 cm³/mol. The molecule has 72 valence electrons. The standard InChI is InChI=1S/C11H16O2/c1-3-5-8-6-7-10(12)9(4-2)11(8)13/h6-7,12-13H,3-5H2,1-2H3. The van der Waals surface area contributed by atoms with Crippen LogP contribution in [0.15, 0.2) is 12.1 Å². The van der Waals surface area contributed by atoms with E-state index < -0.39 is 0 Å². The molecule has 1 aromatic carbocycles. The molecule has 0 aromatic heterocycles.